The maximum Gasteiger partial charge on any atom is 0.472 e. The van der Waals surface area contributed by atoms with Gasteiger partial charge in [0.25, 0.3) is 0 Å². The average Bonchev–Trinajstić information content (AvgIpc) is 0.904. The van der Waals surface area contributed by atoms with Crippen LogP contribution in [-0.4, -0.2) is 154 Å². The van der Waals surface area contributed by atoms with Gasteiger partial charge in [-0.3, -0.25) is 46.9 Å². The van der Waals surface area contributed by atoms with Crippen molar-refractivity contribution in [1.82, 2.24) is 21.3 Å². The van der Waals surface area contributed by atoms with E-state index in [0.717, 1.165) is 205 Å². The number of carbonyl (C=O) groups is 7. The predicted octanol–water partition coefficient (Wildman–Crippen LogP) is 26.6. The number of hydrogen-bond donors (Lipinski definition) is 6. The van der Waals surface area contributed by atoms with Gasteiger partial charge < -0.3 is 59.5 Å². The van der Waals surface area contributed by atoms with Crippen molar-refractivity contribution in [1.29, 1.82) is 0 Å². The molecule has 27 heteroatoms. The van der Waals surface area contributed by atoms with E-state index in [9.17, 15) is 52.5 Å². The molecule has 0 saturated carbocycles. The van der Waals surface area contributed by atoms with Crippen LogP contribution in [0.3, 0.4) is 0 Å². The third-order valence-corrected chi connectivity index (χ3v) is 24.8. The summed E-state index contributed by atoms with van der Waals surface area (Å²) in [6.07, 6.45) is 72.3. The number of allylic oxidation sites excluding steroid dienone is 8. The number of phosphoric ester groups is 2. The molecule has 8 atom stereocenters. The van der Waals surface area contributed by atoms with Crippen LogP contribution in [0.4, 0.5) is 4.79 Å². The molecule has 760 valence electrons. The van der Waals surface area contributed by atoms with Gasteiger partial charge >= 0.3 is 45.6 Å². The van der Waals surface area contributed by atoms with Crippen LogP contribution in [0, 0.1) is 0 Å². The van der Waals surface area contributed by atoms with Crippen LogP contribution < -0.4 is 21.3 Å². The summed E-state index contributed by atoms with van der Waals surface area (Å²) in [5.41, 5.74) is 0. The molecule has 25 nitrogen and oxygen atoms in total. The van der Waals surface area contributed by atoms with Crippen LogP contribution in [0.25, 0.3) is 0 Å². The molecule has 4 amide bonds. The molecule has 0 saturated heterocycles. The zero-order valence-electron chi connectivity index (χ0n) is 83.5. The van der Waals surface area contributed by atoms with Gasteiger partial charge in [-0.25, -0.2) is 13.9 Å². The summed E-state index contributed by atoms with van der Waals surface area (Å²) >= 11 is 0. The molecule has 0 fully saturated rings. The number of unbranched alkanes of at least 4 members (excludes halogenated alkanes) is 40. The van der Waals surface area contributed by atoms with Gasteiger partial charge in [0.15, 0.2) is 0 Å². The fourth-order valence-corrected chi connectivity index (χ4v) is 16.5. The number of ether oxygens (including phenoxy) is 6. The highest BCUT2D eigenvalue weighted by molar-refractivity contribution is 7.47. The Morgan fingerprint density at radius 2 is 0.500 bits per heavy atom. The van der Waals surface area contributed by atoms with Gasteiger partial charge in [-0.15, -0.1) is 0 Å². The summed E-state index contributed by atoms with van der Waals surface area (Å²) in [5, 5.41) is 10.8. The SMILES string of the molecule is CCCCCC/C=C\CCCC(=O)O[C@H](CCCCCCC)CCOCC(COP(=O)(O)OCCNC(=O)NCCOP(=O)(O)OCC(COCC[C@@H](CCCCCCC)OC(=O)CCC/C=C\CCCCCC)NC(=O)C[C@@H](CCCCCCCCCCC)OC(=O)CCC/C=C/CCCCCC)NC(=O)C[C@@H](CCCCCCC)OC(=O)CCC/C=C/CCCCCC. The normalized spacial score (nSPS) is 14.2. The van der Waals surface area contributed by atoms with Crippen LogP contribution in [0.1, 0.15) is 466 Å². The number of hydrogen-bond acceptors (Lipinski definition) is 19. The molecule has 0 aliphatic rings. The first-order valence-electron chi connectivity index (χ1n) is 52.6. The standard InChI is InChI=1S/C103H192N4O21P2/c1-9-17-25-33-38-43-48-56-64-72-96(128-102(113)76-68-60-52-47-42-37-29-21-13-5)86-98(109)107-92(88-120-82-78-94(70-62-54-31-23-15-7)126-100(111)74-66-58-50-45-40-35-27-19-11-3)90-124-130(117,118)122-84-80-105-103(114)104-79-83-121-129(115,116)123-89-91(87-119-81-77-93(69-61-53-30-22-14-6)125-99(110)73-65-57-49-44-39-34-26-18-10-2)106-97(108)85-95(71-63-55-32-24-16-8)127-101(112)75-67-59-51-46-41-36-28-20-12-4/h44-47,49-52,91-96H,9-43,48,53-90H2,1-8H3,(H,106,108)(H,107,109)(H,115,116)(H,117,118)(H2,104,105,114)/b49-44-,50-45-,51-46+,52-47+/t91?,92?,93-,94-,95-,96-/m1/s1. The van der Waals surface area contributed by atoms with Gasteiger partial charge in [0.2, 0.25) is 11.8 Å². The van der Waals surface area contributed by atoms with Crippen LogP contribution in [0.5, 0.6) is 0 Å². The molecule has 0 heterocycles. The van der Waals surface area contributed by atoms with Crippen molar-refractivity contribution >= 4 is 57.4 Å². The number of phosphoric acid groups is 2. The Balaban J connectivity index is 6.47. The highest BCUT2D eigenvalue weighted by Gasteiger charge is 2.30. The first-order chi connectivity index (χ1) is 63.2. The minimum absolute atomic E-state index is 0.132. The zero-order chi connectivity index (χ0) is 95.4. The van der Waals surface area contributed by atoms with Crippen LogP contribution in [0.2, 0.25) is 0 Å². The summed E-state index contributed by atoms with van der Waals surface area (Å²) in [6.45, 7) is 14.7. The van der Waals surface area contributed by atoms with Gasteiger partial charge in [-0.1, -0.05) is 309 Å². The Hall–Kier alpha value is -4.81. The fraction of sp³-hybridized carbons (Fsp3) is 0.854. The van der Waals surface area contributed by atoms with Crippen molar-refractivity contribution in [3.8, 4) is 0 Å². The van der Waals surface area contributed by atoms with Crippen molar-refractivity contribution < 1.29 is 99.0 Å². The molecule has 0 aromatic heterocycles. The molecule has 6 N–H and O–H groups in total. The van der Waals surface area contributed by atoms with Crippen LogP contribution in [-0.2, 0) is 84.4 Å². The van der Waals surface area contributed by atoms with Gasteiger partial charge in [-0.05, 0) is 154 Å². The minimum atomic E-state index is -4.87. The van der Waals surface area contributed by atoms with E-state index in [2.05, 4.69) is 125 Å². The molecular weight excluding hydrogens is 1690 g/mol. The maximum absolute atomic E-state index is 14.2. The summed E-state index contributed by atoms with van der Waals surface area (Å²) < 4.78 is 85.0. The predicted molar refractivity (Wildman–Crippen MR) is 527 cm³/mol. The summed E-state index contributed by atoms with van der Waals surface area (Å²) in [4.78, 5) is 116. The largest absolute Gasteiger partial charge is 0.472 e. The fourth-order valence-electron chi connectivity index (χ4n) is 15.0. The van der Waals surface area contributed by atoms with E-state index in [4.69, 9.17) is 46.5 Å². The number of carbonyl (C=O) groups excluding carboxylic acids is 7. The van der Waals surface area contributed by atoms with Crippen molar-refractivity contribution in [3.63, 3.8) is 0 Å². The quantitative estimate of drug-likeness (QED) is 0.0108. The van der Waals surface area contributed by atoms with E-state index in [-0.39, 0.29) is 95.5 Å². The van der Waals surface area contributed by atoms with Gasteiger partial charge in [0, 0.05) is 51.6 Å². The second kappa shape index (κ2) is 93.2. The summed E-state index contributed by atoms with van der Waals surface area (Å²) in [5.74, 6) is -2.28. The van der Waals surface area contributed by atoms with Crippen LogP contribution >= 0.6 is 15.6 Å². The smallest absolute Gasteiger partial charge is 0.462 e. The minimum Gasteiger partial charge on any atom is -0.462 e. The third-order valence-electron chi connectivity index (χ3n) is 22.8. The monoisotopic (exact) mass is 1880 g/mol. The Morgan fingerprint density at radius 1 is 0.269 bits per heavy atom. The Labute approximate surface area is 790 Å². The second-order valence-electron chi connectivity index (χ2n) is 35.6. The van der Waals surface area contributed by atoms with Gasteiger partial charge in [0.1, 0.15) is 24.4 Å². The first-order valence-corrected chi connectivity index (χ1v) is 55.5. The van der Waals surface area contributed by atoms with E-state index in [1.54, 1.807) is 0 Å². The Kier molecular flexibility index (Phi) is 89.8. The Bertz CT molecular complexity index is 2910. The highest BCUT2D eigenvalue weighted by atomic mass is 31.2. The summed E-state index contributed by atoms with van der Waals surface area (Å²) in [7, 11) is -9.74. The number of nitrogens with one attached hydrogen (secondary N) is 4. The van der Waals surface area contributed by atoms with Crippen molar-refractivity contribution in [3.05, 3.63) is 48.6 Å². The molecule has 0 bridgehead atoms. The lowest BCUT2D eigenvalue weighted by atomic mass is 10.0. The lowest BCUT2D eigenvalue weighted by molar-refractivity contribution is -0.152. The first kappa shape index (κ1) is 125. The summed E-state index contributed by atoms with van der Waals surface area (Å²) in [6, 6.07) is -2.78. The molecule has 0 aromatic carbocycles. The number of rotatable bonds is 98. The topological polar surface area (TPSA) is 335 Å². The van der Waals surface area contributed by atoms with Crippen LogP contribution in [0.15, 0.2) is 48.6 Å². The van der Waals surface area contributed by atoms with E-state index in [0.29, 0.717) is 70.6 Å². The van der Waals surface area contributed by atoms with Crippen molar-refractivity contribution in [2.45, 2.75) is 503 Å². The Morgan fingerprint density at radius 3 is 0.769 bits per heavy atom. The zero-order valence-corrected chi connectivity index (χ0v) is 85.2. The molecule has 0 aromatic rings. The van der Waals surface area contributed by atoms with Gasteiger partial charge in [0.05, 0.1) is 77.8 Å². The van der Waals surface area contributed by atoms with E-state index in [1.165, 1.54) is 103 Å². The molecule has 0 radical (unpaired) electrons. The highest BCUT2D eigenvalue weighted by Crippen LogP contribution is 2.44. The molecule has 0 spiro atoms. The molecule has 0 aliphatic heterocycles. The average molecular weight is 1880 g/mol. The van der Waals surface area contributed by atoms with E-state index < -0.39 is 96.4 Å². The van der Waals surface area contributed by atoms with Crippen molar-refractivity contribution in [2.75, 3.05) is 65.9 Å². The number of amides is 4. The molecule has 0 rings (SSSR count). The lowest BCUT2D eigenvalue weighted by Crippen LogP contribution is -2.43. The van der Waals surface area contributed by atoms with Crippen molar-refractivity contribution in [2.24, 2.45) is 0 Å². The molecule has 4 unspecified atom stereocenters. The number of esters is 4. The van der Waals surface area contributed by atoms with E-state index >= 15 is 0 Å². The lowest BCUT2D eigenvalue weighted by Gasteiger charge is -2.23. The number of urea groups is 1. The van der Waals surface area contributed by atoms with E-state index in [1.807, 2.05) is 0 Å². The molecular formula is C103H192N4O21P2. The molecule has 0 aliphatic carbocycles. The second-order valence-corrected chi connectivity index (χ2v) is 38.5. The third kappa shape index (κ3) is 87.3. The maximum atomic E-state index is 14.2. The van der Waals surface area contributed by atoms with Gasteiger partial charge in [-0.2, -0.15) is 0 Å². The molecule has 130 heavy (non-hydrogen) atoms.